The molecular weight excluding hydrogens is 269 g/mol. The van der Waals surface area contributed by atoms with Crippen molar-refractivity contribution < 1.29 is 0 Å². The average molecular weight is 278 g/mol. The number of benzene rings is 1. The van der Waals surface area contributed by atoms with E-state index in [1.54, 1.807) is 18.2 Å². The van der Waals surface area contributed by atoms with E-state index >= 15 is 0 Å². The first kappa shape index (κ1) is 11.4. The molecule has 2 heterocycles. The van der Waals surface area contributed by atoms with Crippen molar-refractivity contribution in [2.45, 2.75) is 0 Å². The molecule has 90 valence electrons. The molecule has 0 atom stereocenters. The summed E-state index contributed by atoms with van der Waals surface area (Å²) in [6, 6.07) is 11.2. The molecule has 2 aromatic heterocycles. The zero-order valence-electron chi connectivity index (χ0n) is 9.24. The van der Waals surface area contributed by atoms with E-state index in [4.69, 9.17) is 23.2 Å². The maximum absolute atomic E-state index is 5.94. The predicted octanol–water partition coefficient (Wildman–Crippen LogP) is 4.61. The fourth-order valence-electron chi connectivity index (χ4n) is 1.77. The standard InChI is InChI=1S/C13H9Cl2N3/c14-9-5-10(15)7-11(6-9)17-12-2-1-8-3-4-16-13(8)18-12/h1-7H,(H2,16,17,18). The van der Waals surface area contributed by atoms with E-state index < -0.39 is 0 Å². The second-order valence-electron chi connectivity index (χ2n) is 3.90. The highest BCUT2D eigenvalue weighted by atomic mass is 35.5. The monoisotopic (exact) mass is 277 g/mol. The molecule has 3 nitrogen and oxygen atoms in total. The van der Waals surface area contributed by atoms with Crippen LogP contribution >= 0.6 is 23.2 Å². The Balaban J connectivity index is 1.95. The Morgan fingerprint density at radius 1 is 1.00 bits per heavy atom. The Labute approximate surface area is 114 Å². The van der Waals surface area contributed by atoms with Crippen LogP contribution in [0.4, 0.5) is 11.5 Å². The van der Waals surface area contributed by atoms with Crippen molar-refractivity contribution in [3.8, 4) is 0 Å². The Morgan fingerprint density at radius 3 is 2.56 bits per heavy atom. The van der Waals surface area contributed by atoms with Crippen molar-refractivity contribution in [3.63, 3.8) is 0 Å². The van der Waals surface area contributed by atoms with Gasteiger partial charge in [-0.15, -0.1) is 0 Å². The van der Waals surface area contributed by atoms with Gasteiger partial charge in [0.2, 0.25) is 0 Å². The van der Waals surface area contributed by atoms with Crippen LogP contribution in [-0.2, 0) is 0 Å². The molecular formula is C13H9Cl2N3. The van der Waals surface area contributed by atoms with Gasteiger partial charge in [0, 0.05) is 27.3 Å². The molecule has 0 fully saturated rings. The van der Waals surface area contributed by atoms with E-state index in [0.29, 0.717) is 10.0 Å². The Morgan fingerprint density at radius 2 is 1.78 bits per heavy atom. The van der Waals surface area contributed by atoms with Crippen molar-refractivity contribution in [3.05, 3.63) is 52.6 Å². The third kappa shape index (κ3) is 2.28. The van der Waals surface area contributed by atoms with Gasteiger partial charge >= 0.3 is 0 Å². The number of halogens is 2. The molecule has 0 radical (unpaired) electrons. The smallest absolute Gasteiger partial charge is 0.139 e. The molecule has 0 aliphatic heterocycles. The van der Waals surface area contributed by atoms with Crippen LogP contribution in [0.25, 0.3) is 11.0 Å². The Bertz CT molecular complexity index is 686. The van der Waals surface area contributed by atoms with Crippen LogP contribution in [-0.4, -0.2) is 9.97 Å². The summed E-state index contributed by atoms with van der Waals surface area (Å²) in [4.78, 5) is 7.50. The van der Waals surface area contributed by atoms with Gasteiger partial charge in [0.1, 0.15) is 11.5 Å². The number of fused-ring (bicyclic) bond motifs is 1. The molecule has 0 saturated heterocycles. The maximum atomic E-state index is 5.94. The first-order valence-electron chi connectivity index (χ1n) is 5.38. The fourth-order valence-corrected chi connectivity index (χ4v) is 2.30. The minimum absolute atomic E-state index is 0.589. The molecule has 5 heteroatoms. The van der Waals surface area contributed by atoms with Gasteiger partial charge < -0.3 is 10.3 Å². The van der Waals surface area contributed by atoms with E-state index in [-0.39, 0.29) is 0 Å². The van der Waals surface area contributed by atoms with Crippen LogP contribution in [0.5, 0.6) is 0 Å². The minimum atomic E-state index is 0.589. The number of pyridine rings is 1. The lowest BCUT2D eigenvalue weighted by atomic mass is 10.3. The van der Waals surface area contributed by atoms with Gasteiger partial charge in [-0.1, -0.05) is 23.2 Å². The quantitative estimate of drug-likeness (QED) is 0.718. The van der Waals surface area contributed by atoms with E-state index in [9.17, 15) is 0 Å². The Hall–Kier alpha value is -1.71. The molecule has 0 unspecified atom stereocenters. The summed E-state index contributed by atoms with van der Waals surface area (Å²) in [6.07, 6.45) is 1.86. The first-order chi connectivity index (χ1) is 8.70. The summed E-state index contributed by atoms with van der Waals surface area (Å²) in [5.41, 5.74) is 1.65. The number of nitrogens with zero attached hydrogens (tertiary/aromatic N) is 1. The molecule has 2 N–H and O–H groups in total. The zero-order valence-corrected chi connectivity index (χ0v) is 10.8. The summed E-state index contributed by atoms with van der Waals surface area (Å²) < 4.78 is 0. The number of rotatable bonds is 2. The molecule has 0 amide bonds. The maximum Gasteiger partial charge on any atom is 0.139 e. The van der Waals surface area contributed by atoms with Gasteiger partial charge in [0.15, 0.2) is 0 Å². The largest absolute Gasteiger partial charge is 0.346 e. The second-order valence-corrected chi connectivity index (χ2v) is 4.77. The topological polar surface area (TPSA) is 40.7 Å². The molecule has 0 bridgehead atoms. The van der Waals surface area contributed by atoms with Gasteiger partial charge in [0.25, 0.3) is 0 Å². The van der Waals surface area contributed by atoms with Gasteiger partial charge in [-0.05, 0) is 36.4 Å². The van der Waals surface area contributed by atoms with Gasteiger partial charge in [0.05, 0.1) is 0 Å². The highest BCUT2D eigenvalue weighted by Crippen LogP contribution is 2.25. The number of hydrogen-bond acceptors (Lipinski definition) is 2. The molecule has 0 aliphatic carbocycles. The first-order valence-corrected chi connectivity index (χ1v) is 6.13. The summed E-state index contributed by atoms with van der Waals surface area (Å²) in [5, 5.41) is 5.42. The molecule has 0 saturated carbocycles. The number of hydrogen-bond donors (Lipinski definition) is 2. The second kappa shape index (κ2) is 4.52. The molecule has 0 aliphatic rings. The summed E-state index contributed by atoms with van der Waals surface area (Å²) in [7, 11) is 0. The number of aromatic amines is 1. The molecule has 3 rings (SSSR count). The summed E-state index contributed by atoms with van der Waals surface area (Å²) in [6.45, 7) is 0. The summed E-state index contributed by atoms with van der Waals surface area (Å²) in [5.74, 6) is 0.739. The number of nitrogens with one attached hydrogen (secondary N) is 2. The SMILES string of the molecule is Clc1cc(Cl)cc(Nc2ccc3cc[nH]c3n2)c1. The third-order valence-electron chi connectivity index (χ3n) is 2.54. The van der Waals surface area contributed by atoms with Crippen LogP contribution < -0.4 is 5.32 Å². The minimum Gasteiger partial charge on any atom is -0.346 e. The van der Waals surface area contributed by atoms with Gasteiger partial charge in [-0.3, -0.25) is 0 Å². The number of anilines is 2. The zero-order chi connectivity index (χ0) is 12.5. The van der Waals surface area contributed by atoms with Gasteiger partial charge in [-0.25, -0.2) is 4.98 Å². The lowest BCUT2D eigenvalue weighted by Crippen LogP contribution is -1.93. The van der Waals surface area contributed by atoms with Crippen LogP contribution in [0.2, 0.25) is 10.0 Å². The van der Waals surface area contributed by atoms with Gasteiger partial charge in [-0.2, -0.15) is 0 Å². The van der Waals surface area contributed by atoms with Crippen molar-refractivity contribution in [1.29, 1.82) is 0 Å². The lowest BCUT2D eigenvalue weighted by molar-refractivity contribution is 1.31. The fraction of sp³-hybridized carbons (Fsp3) is 0. The van der Waals surface area contributed by atoms with Crippen LogP contribution in [0, 0.1) is 0 Å². The average Bonchev–Trinajstić information content (AvgIpc) is 2.74. The summed E-state index contributed by atoms with van der Waals surface area (Å²) >= 11 is 11.9. The van der Waals surface area contributed by atoms with Crippen molar-refractivity contribution in [2.24, 2.45) is 0 Å². The molecule has 0 spiro atoms. The van der Waals surface area contributed by atoms with Crippen molar-refractivity contribution in [2.75, 3.05) is 5.32 Å². The van der Waals surface area contributed by atoms with Crippen LogP contribution in [0.15, 0.2) is 42.6 Å². The highest BCUT2D eigenvalue weighted by molar-refractivity contribution is 6.35. The van der Waals surface area contributed by atoms with E-state index in [2.05, 4.69) is 15.3 Å². The normalized spacial score (nSPS) is 10.8. The number of aromatic nitrogens is 2. The van der Waals surface area contributed by atoms with Crippen LogP contribution in [0.1, 0.15) is 0 Å². The molecule has 3 aromatic rings. The Kier molecular flexibility index (Phi) is 2.86. The van der Waals surface area contributed by atoms with E-state index in [1.165, 1.54) is 0 Å². The van der Waals surface area contributed by atoms with E-state index in [1.807, 2.05) is 24.4 Å². The number of H-pyrrole nitrogens is 1. The van der Waals surface area contributed by atoms with Crippen molar-refractivity contribution >= 4 is 45.7 Å². The van der Waals surface area contributed by atoms with Crippen LogP contribution in [0.3, 0.4) is 0 Å². The van der Waals surface area contributed by atoms with Crippen molar-refractivity contribution in [1.82, 2.24) is 9.97 Å². The molecule has 1 aromatic carbocycles. The van der Waals surface area contributed by atoms with E-state index in [0.717, 1.165) is 22.5 Å². The molecule has 18 heavy (non-hydrogen) atoms. The third-order valence-corrected chi connectivity index (χ3v) is 2.98. The predicted molar refractivity (Wildman–Crippen MR) is 75.8 cm³/mol. The lowest BCUT2D eigenvalue weighted by Gasteiger charge is -2.06. The highest BCUT2D eigenvalue weighted by Gasteiger charge is 2.02.